The molecule has 0 radical (unpaired) electrons. The Hall–Kier alpha value is -2.17. The third kappa shape index (κ3) is 2.44. The first-order chi connectivity index (χ1) is 9.87. The summed E-state index contributed by atoms with van der Waals surface area (Å²) in [5, 5.41) is 0.283. The van der Waals surface area contributed by atoms with Crippen LogP contribution in [0.1, 0.15) is 55.2 Å². The van der Waals surface area contributed by atoms with E-state index in [1.807, 2.05) is 0 Å². The lowest BCUT2D eigenvalue weighted by Gasteiger charge is -2.17. The molecule has 1 saturated carbocycles. The maximum Gasteiger partial charge on any atom is 0.268 e. The Kier molecular flexibility index (Phi) is 3.08. The van der Waals surface area contributed by atoms with Gasteiger partial charge in [-0.2, -0.15) is 0 Å². The summed E-state index contributed by atoms with van der Waals surface area (Å²) < 4.78 is 0. The third-order valence-corrected chi connectivity index (χ3v) is 4.40. The van der Waals surface area contributed by atoms with Gasteiger partial charge in [0.15, 0.2) is 5.43 Å². The van der Waals surface area contributed by atoms with Crippen LogP contribution in [-0.2, 0) is 0 Å². The second-order valence-electron chi connectivity index (χ2n) is 6.64. The van der Waals surface area contributed by atoms with Crippen molar-refractivity contribution in [2.24, 2.45) is 11.1 Å². The van der Waals surface area contributed by atoms with Gasteiger partial charge in [0.25, 0.3) is 5.91 Å². The molecule has 5 nitrogen and oxygen atoms in total. The van der Waals surface area contributed by atoms with Gasteiger partial charge < -0.3 is 10.7 Å². The second kappa shape index (κ2) is 4.69. The average molecular weight is 285 g/mol. The molecule has 2 aromatic heterocycles. The van der Waals surface area contributed by atoms with Crippen LogP contribution in [0.25, 0.3) is 10.9 Å². The van der Waals surface area contributed by atoms with Gasteiger partial charge in [0.2, 0.25) is 0 Å². The maximum atomic E-state index is 12.4. The van der Waals surface area contributed by atoms with Crippen LogP contribution in [0.4, 0.5) is 0 Å². The summed E-state index contributed by atoms with van der Waals surface area (Å²) in [6.45, 7) is 4.50. The average Bonchev–Trinajstić information content (AvgIpc) is 2.78. The number of nitrogens with zero attached hydrogens (tertiary/aromatic N) is 1. The topological polar surface area (TPSA) is 88.8 Å². The largest absolute Gasteiger partial charge is 0.364 e. The van der Waals surface area contributed by atoms with Crippen molar-refractivity contribution in [3.63, 3.8) is 0 Å². The van der Waals surface area contributed by atoms with Gasteiger partial charge in [0.05, 0.1) is 10.9 Å². The van der Waals surface area contributed by atoms with E-state index in [9.17, 15) is 9.59 Å². The molecule has 5 heteroatoms. The van der Waals surface area contributed by atoms with Crippen molar-refractivity contribution in [1.82, 2.24) is 9.97 Å². The molecule has 110 valence electrons. The molecule has 0 aromatic carbocycles. The van der Waals surface area contributed by atoms with E-state index in [0.29, 0.717) is 16.8 Å². The summed E-state index contributed by atoms with van der Waals surface area (Å²) in [4.78, 5) is 31.0. The van der Waals surface area contributed by atoms with Crippen molar-refractivity contribution in [1.29, 1.82) is 0 Å². The molecule has 2 aromatic rings. The number of hydrogen-bond donors (Lipinski definition) is 2. The van der Waals surface area contributed by atoms with E-state index in [1.54, 1.807) is 12.1 Å². The van der Waals surface area contributed by atoms with Crippen LogP contribution in [0, 0.1) is 5.41 Å². The fourth-order valence-corrected chi connectivity index (χ4v) is 3.33. The van der Waals surface area contributed by atoms with E-state index in [1.165, 1.54) is 6.20 Å². The van der Waals surface area contributed by atoms with Gasteiger partial charge in [-0.3, -0.25) is 14.6 Å². The van der Waals surface area contributed by atoms with Crippen molar-refractivity contribution in [2.45, 2.75) is 39.0 Å². The molecule has 0 bridgehead atoms. The number of carbonyl (C=O) groups excluding carboxylic acids is 1. The van der Waals surface area contributed by atoms with E-state index in [-0.39, 0.29) is 16.5 Å². The lowest BCUT2D eigenvalue weighted by molar-refractivity contribution is 0.0997. The summed E-state index contributed by atoms with van der Waals surface area (Å²) in [7, 11) is 0. The Morgan fingerprint density at radius 3 is 2.86 bits per heavy atom. The molecule has 1 aliphatic rings. The highest BCUT2D eigenvalue weighted by molar-refractivity contribution is 6.03. The van der Waals surface area contributed by atoms with Gasteiger partial charge in [0.1, 0.15) is 5.69 Å². The summed E-state index contributed by atoms with van der Waals surface area (Å²) in [6, 6.07) is 3.31. The predicted octanol–water partition coefficient (Wildman–Crippen LogP) is 2.32. The number of amides is 1. The Morgan fingerprint density at radius 2 is 2.24 bits per heavy atom. The van der Waals surface area contributed by atoms with Crippen LogP contribution < -0.4 is 11.2 Å². The number of nitrogens with one attached hydrogen (secondary N) is 1. The number of nitrogens with two attached hydrogens (primary N) is 1. The van der Waals surface area contributed by atoms with Crippen LogP contribution in [0.3, 0.4) is 0 Å². The van der Waals surface area contributed by atoms with Crippen LogP contribution >= 0.6 is 0 Å². The normalized spacial score (nSPS) is 20.8. The lowest BCUT2D eigenvalue weighted by Crippen LogP contribution is -2.18. The molecule has 3 N–H and O–H groups in total. The lowest BCUT2D eigenvalue weighted by atomic mass is 9.89. The standard InChI is InChI=1S/C16H19N3O2/c1-16(2)5-3-9(8-16)11-7-12(20)13-10(19-11)4-6-18-14(13)15(17)21/h4,6-7,9H,3,5,8H2,1-2H3,(H2,17,21)(H,19,20). The molecule has 1 unspecified atom stereocenters. The minimum absolute atomic E-state index is 0.0343. The number of aromatic amines is 1. The zero-order valence-corrected chi connectivity index (χ0v) is 12.3. The van der Waals surface area contributed by atoms with Crippen molar-refractivity contribution in [3.8, 4) is 0 Å². The highest BCUT2D eigenvalue weighted by Gasteiger charge is 2.32. The van der Waals surface area contributed by atoms with Gasteiger partial charge in [-0.05, 0) is 36.7 Å². The highest BCUT2D eigenvalue weighted by atomic mass is 16.1. The molecule has 0 aliphatic heterocycles. The van der Waals surface area contributed by atoms with E-state index < -0.39 is 5.91 Å². The minimum Gasteiger partial charge on any atom is -0.364 e. The minimum atomic E-state index is -0.680. The van der Waals surface area contributed by atoms with Crippen LogP contribution in [0.5, 0.6) is 0 Å². The zero-order chi connectivity index (χ0) is 15.2. The zero-order valence-electron chi connectivity index (χ0n) is 12.3. The number of pyridine rings is 2. The Bertz CT molecular complexity index is 777. The maximum absolute atomic E-state index is 12.4. The van der Waals surface area contributed by atoms with Gasteiger partial charge in [-0.1, -0.05) is 13.8 Å². The molecule has 1 atom stereocenters. The molecule has 2 heterocycles. The second-order valence-corrected chi connectivity index (χ2v) is 6.64. The molecule has 3 rings (SSSR count). The SMILES string of the molecule is CC1(C)CCC(c2cc(=O)c3c(C(N)=O)nccc3[nH]2)C1. The molecule has 0 saturated heterocycles. The number of carbonyl (C=O) groups is 1. The number of aromatic nitrogens is 2. The summed E-state index contributed by atoms with van der Waals surface area (Å²) in [5.74, 6) is -0.317. The van der Waals surface area contributed by atoms with Crippen molar-refractivity contribution < 1.29 is 4.79 Å². The molecular weight excluding hydrogens is 266 g/mol. The summed E-state index contributed by atoms with van der Waals surface area (Å²) in [5.41, 5.74) is 7.02. The van der Waals surface area contributed by atoms with Gasteiger partial charge in [0, 0.05) is 18.0 Å². The fraction of sp³-hybridized carbons (Fsp3) is 0.438. The quantitative estimate of drug-likeness (QED) is 0.887. The number of fused-ring (bicyclic) bond motifs is 1. The van der Waals surface area contributed by atoms with E-state index in [0.717, 1.165) is 25.0 Å². The molecule has 1 aliphatic carbocycles. The number of rotatable bonds is 2. The molecule has 1 fully saturated rings. The Labute approximate surface area is 122 Å². The Morgan fingerprint density at radius 1 is 1.48 bits per heavy atom. The Balaban J connectivity index is 2.13. The van der Waals surface area contributed by atoms with Crippen molar-refractivity contribution in [3.05, 3.63) is 39.9 Å². The van der Waals surface area contributed by atoms with Crippen LogP contribution in [-0.4, -0.2) is 15.9 Å². The highest BCUT2D eigenvalue weighted by Crippen LogP contribution is 2.45. The van der Waals surface area contributed by atoms with Crippen molar-refractivity contribution >= 4 is 16.8 Å². The van der Waals surface area contributed by atoms with Gasteiger partial charge in [-0.15, -0.1) is 0 Å². The first-order valence-corrected chi connectivity index (χ1v) is 7.19. The fourth-order valence-electron chi connectivity index (χ4n) is 3.33. The number of hydrogen-bond acceptors (Lipinski definition) is 3. The third-order valence-electron chi connectivity index (χ3n) is 4.40. The van der Waals surface area contributed by atoms with Crippen molar-refractivity contribution in [2.75, 3.05) is 0 Å². The van der Waals surface area contributed by atoms with E-state index in [2.05, 4.69) is 23.8 Å². The first-order valence-electron chi connectivity index (χ1n) is 7.19. The molecule has 0 spiro atoms. The van der Waals surface area contributed by atoms with Crippen LogP contribution in [0.15, 0.2) is 23.1 Å². The number of H-pyrrole nitrogens is 1. The smallest absolute Gasteiger partial charge is 0.268 e. The summed E-state index contributed by atoms with van der Waals surface area (Å²) >= 11 is 0. The van der Waals surface area contributed by atoms with E-state index in [4.69, 9.17) is 5.73 Å². The molecular formula is C16H19N3O2. The molecule has 21 heavy (non-hydrogen) atoms. The predicted molar refractivity (Wildman–Crippen MR) is 81.3 cm³/mol. The van der Waals surface area contributed by atoms with E-state index >= 15 is 0 Å². The number of primary amides is 1. The monoisotopic (exact) mass is 285 g/mol. The van der Waals surface area contributed by atoms with Gasteiger partial charge >= 0.3 is 0 Å². The molecule has 1 amide bonds. The first kappa shape index (κ1) is 13.8. The van der Waals surface area contributed by atoms with Crippen LogP contribution in [0.2, 0.25) is 0 Å². The summed E-state index contributed by atoms with van der Waals surface area (Å²) in [6.07, 6.45) is 4.78. The van der Waals surface area contributed by atoms with Gasteiger partial charge in [-0.25, -0.2) is 0 Å².